The van der Waals surface area contributed by atoms with Crippen LogP contribution < -0.4 is 5.73 Å². The Morgan fingerprint density at radius 3 is 2.61 bits per heavy atom. The highest BCUT2D eigenvalue weighted by atomic mass is 79.9. The van der Waals surface area contributed by atoms with Gasteiger partial charge in [-0.15, -0.1) is 0 Å². The second-order valence-corrected chi connectivity index (χ2v) is 6.46. The molecule has 0 radical (unpaired) electrons. The summed E-state index contributed by atoms with van der Waals surface area (Å²) in [5, 5.41) is 1.31. The van der Waals surface area contributed by atoms with Crippen LogP contribution in [0.5, 0.6) is 0 Å². The van der Waals surface area contributed by atoms with Gasteiger partial charge < -0.3 is 10.3 Å². The molecule has 2 aromatic rings. The fourth-order valence-electron chi connectivity index (χ4n) is 3.43. The second kappa shape index (κ2) is 4.10. The van der Waals surface area contributed by atoms with Gasteiger partial charge in [-0.1, -0.05) is 28.8 Å². The van der Waals surface area contributed by atoms with Gasteiger partial charge >= 0.3 is 0 Å². The molecular formula is C15H19BrN2. The van der Waals surface area contributed by atoms with Crippen molar-refractivity contribution in [1.29, 1.82) is 0 Å². The zero-order chi connectivity index (χ0) is 12.9. The molecular weight excluding hydrogens is 288 g/mol. The van der Waals surface area contributed by atoms with Crippen molar-refractivity contribution in [2.24, 2.45) is 12.8 Å². The summed E-state index contributed by atoms with van der Waals surface area (Å²) in [4.78, 5) is 0. The SMILES string of the molecule is Cc1c(C2(N)CCCC2)c2cc(Br)ccc2n1C. The topological polar surface area (TPSA) is 30.9 Å². The Bertz CT molecular complexity index is 606. The van der Waals surface area contributed by atoms with Crippen LogP contribution in [0.25, 0.3) is 10.9 Å². The number of nitrogens with zero attached hydrogens (tertiary/aromatic N) is 1. The third-order valence-electron chi connectivity index (χ3n) is 4.45. The van der Waals surface area contributed by atoms with Crippen LogP contribution in [0.15, 0.2) is 22.7 Å². The van der Waals surface area contributed by atoms with Crippen molar-refractivity contribution in [3.05, 3.63) is 33.9 Å². The minimum Gasteiger partial charge on any atom is -0.348 e. The van der Waals surface area contributed by atoms with Crippen LogP contribution in [0.3, 0.4) is 0 Å². The second-order valence-electron chi connectivity index (χ2n) is 5.54. The van der Waals surface area contributed by atoms with E-state index in [2.05, 4.69) is 52.7 Å². The molecule has 0 saturated heterocycles. The normalized spacial score (nSPS) is 18.7. The average molecular weight is 307 g/mol. The van der Waals surface area contributed by atoms with Gasteiger partial charge in [0.25, 0.3) is 0 Å². The first kappa shape index (κ1) is 12.2. The summed E-state index contributed by atoms with van der Waals surface area (Å²) in [6, 6.07) is 6.49. The van der Waals surface area contributed by atoms with Gasteiger partial charge in [-0.3, -0.25) is 0 Å². The summed E-state index contributed by atoms with van der Waals surface area (Å²) in [5.41, 5.74) is 10.5. The molecule has 1 aliphatic rings. The van der Waals surface area contributed by atoms with E-state index in [9.17, 15) is 0 Å². The van der Waals surface area contributed by atoms with Crippen LogP contribution in [-0.2, 0) is 12.6 Å². The monoisotopic (exact) mass is 306 g/mol. The standard InChI is InChI=1S/C15H19BrN2/c1-10-14(15(17)7-3-4-8-15)12-9-11(16)5-6-13(12)18(10)2/h5-6,9H,3-4,7-8,17H2,1-2H3. The fraction of sp³-hybridized carbons (Fsp3) is 0.467. The molecule has 1 saturated carbocycles. The Kier molecular flexibility index (Phi) is 2.79. The summed E-state index contributed by atoms with van der Waals surface area (Å²) >= 11 is 3.58. The maximum atomic E-state index is 6.68. The van der Waals surface area contributed by atoms with Gasteiger partial charge in [-0.05, 0) is 38.0 Å². The van der Waals surface area contributed by atoms with Gasteiger partial charge in [0.1, 0.15) is 0 Å². The van der Waals surface area contributed by atoms with E-state index in [-0.39, 0.29) is 5.54 Å². The lowest BCUT2D eigenvalue weighted by molar-refractivity contribution is 0.461. The molecule has 3 heteroatoms. The molecule has 0 amide bonds. The molecule has 0 spiro atoms. The minimum absolute atomic E-state index is 0.121. The van der Waals surface area contributed by atoms with Crippen molar-refractivity contribution in [1.82, 2.24) is 4.57 Å². The maximum Gasteiger partial charge on any atom is 0.0484 e. The molecule has 1 aliphatic carbocycles. The molecule has 0 aliphatic heterocycles. The largest absolute Gasteiger partial charge is 0.348 e. The average Bonchev–Trinajstić information content (AvgIpc) is 2.85. The Balaban J connectivity index is 2.34. The molecule has 3 rings (SSSR count). The molecule has 96 valence electrons. The minimum atomic E-state index is -0.121. The molecule has 2 nitrogen and oxygen atoms in total. The summed E-state index contributed by atoms with van der Waals surface area (Å²) in [6.07, 6.45) is 4.72. The lowest BCUT2D eigenvalue weighted by Gasteiger charge is -2.24. The third kappa shape index (κ3) is 1.64. The Hall–Kier alpha value is -0.800. The summed E-state index contributed by atoms with van der Waals surface area (Å²) in [7, 11) is 2.13. The van der Waals surface area contributed by atoms with E-state index in [0.29, 0.717) is 0 Å². The molecule has 1 aromatic heterocycles. The highest BCUT2D eigenvalue weighted by molar-refractivity contribution is 9.10. The van der Waals surface area contributed by atoms with Gasteiger partial charge in [0.15, 0.2) is 0 Å². The maximum absolute atomic E-state index is 6.68. The first-order valence-corrected chi connectivity index (χ1v) is 7.36. The molecule has 1 heterocycles. The first-order chi connectivity index (χ1) is 8.53. The first-order valence-electron chi connectivity index (χ1n) is 6.57. The summed E-state index contributed by atoms with van der Waals surface area (Å²) < 4.78 is 3.40. The number of rotatable bonds is 1. The Morgan fingerprint density at radius 1 is 1.28 bits per heavy atom. The van der Waals surface area contributed by atoms with E-state index in [1.54, 1.807) is 0 Å². The lowest BCUT2D eigenvalue weighted by Crippen LogP contribution is -2.33. The van der Waals surface area contributed by atoms with Gasteiger partial charge in [0.2, 0.25) is 0 Å². The number of halogens is 1. The zero-order valence-corrected chi connectivity index (χ0v) is 12.5. The molecule has 2 N–H and O–H groups in total. The van der Waals surface area contributed by atoms with Crippen LogP contribution >= 0.6 is 15.9 Å². The lowest BCUT2D eigenvalue weighted by atomic mass is 9.87. The number of hydrogen-bond donors (Lipinski definition) is 1. The Labute approximate surface area is 116 Å². The molecule has 1 aromatic carbocycles. The van der Waals surface area contributed by atoms with Crippen LogP contribution in [0, 0.1) is 6.92 Å². The number of aryl methyl sites for hydroxylation is 1. The van der Waals surface area contributed by atoms with E-state index < -0.39 is 0 Å². The number of aromatic nitrogens is 1. The number of fused-ring (bicyclic) bond motifs is 1. The van der Waals surface area contributed by atoms with Gasteiger partial charge in [-0.25, -0.2) is 0 Å². The molecule has 18 heavy (non-hydrogen) atoms. The quantitative estimate of drug-likeness (QED) is 0.849. The predicted octanol–water partition coefficient (Wildman–Crippen LogP) is 3.98. The van der Waals surface area contributed by atoms with Gasteiger partial charge in [0.05, 0.1) is 0 Å². The van der Waals surface area contributed by atoms with Crippen molar-refractivity contribution in [3.63, 3.8) is 0 Å². The predicted molar refractivity (Wildman–Crippen MR) is 79.7 cm³/mol. The van der Waals surface area contributed by atoms with E-state index in [1.165, 1.54) is 35.0 Å². The van der Waals surface area contributed by atoms with E-state index in [1.807, 2.05) is 0 Å². The highest BCUT2D eigenvalue weighted by Gasteiger charge is 2.35. The Morgan fingerprint density at radius 2 is 1.94 bits per heavy atom. The van der Waals surface area contributed by atoms with E-state index in [4.69, 9.17) is 5.73 Å². The molecule has 0 unspecified atom stereocenters. The molecule has 1 fully saturated rings. The smallest absolute Gasteiger partial charge is 0.0484 e. The van der Waals surface area contributed by atoms with Crippen molar-refractivity contribution < 1.29 is 0 Å². The van der Waals surface area contributed by atoms with Crippen molar-refractivity contribution >= 4 is 26.8 Å². The third-order valence-corrected chi connectivity index (χ3v) is 4.94. The fourth-order valence-corrected chi connectivity index (χ4v) is 3.79. The van der Waals surface area contributed by atoms with E-state index in [0.717, 1.165) is 17.3 Å². The van der Waals surface area contributed by atoms with Crippen molar-refractivity contribution in [2.45, 2.75) is 38.1 Å². The molecule has 0 atom stereocenters. The summed E-state index contributed by atoms with van der Waals surface area (Å²) in [5.74, 6) is 0. The van der Waals surface area contributed by atoms with Crippen LogP contribution in [0.4, 0.5) is 0 Å². The van der Waals surface area contributed by atoms with Crippen LogP contribution in [-0.4, -0.2) is 4.57 Å². The van der Waals surface area contributed by atoms with Crippen molar-refractivity contribution in [2.75, 3.05) is 0 Å². The van der Waals surface area contributed by atoms with E-state index >= 15 is 0 Å². The molecule has 0 bridgehead atoms. The van der Waals surface area contributed by atoms with Crippen molar-refractivity contribution in [3.8, 4) is 0 Å². The van der Waals surface area contributed by atoms with Crippen LogP contribution in [0.2, 0.25) is 0 Å². The van der Waals surface area contributed by atoms with Gasteiger partial charge in [-0.2, -0.15) is 0 Å². The van der Waals surface area contributed by atoms with Gasteiger partial charge in [0, 0.05) is 39.2 Å². The number of hydrogen-bond acceptors (Lipinski definition) is 1. The zero-order valence-electron chi connectivity index (χ0n) is 11.0. The van der Waals surface area contributed by atoms with Crippen LogP contribution in [0.1, 0.15) is 36.9 Å². The number of benzene rings is 1. The highest BCUT2D eigenvalue weighted by Crippen LogP contribution is 2.42. The summed E-state index contributed by atoms with van der Waals surface area (Å²) in [6.45, 7) is 2.19. The number of nitrogens with two attached hydrogens (primary N) is 1.